The van der Waals surface area contributed by atoms with E-state index >= 15 is 0 Å². The van der Waals surface area contributed by atoms with E-state index < -0.39 is 0 Å². The van der Waals surface area contributed by atoms with E-state index in [1.165, 1.54) is 28.4 Å². The first-order valence-corrected chi connectivity index (χ1v) is 7.98. The fourth-order valence-electron chi connectivity index (χ4n) is 2.90. The standard InChI is InChI=1S/C16H24BrNO/c1-11(2)15-10-14(17)9-13(16(15)19-3)8-12-4-6-18-7-5-12/h9-12,18H,4-8H2,1-3H3. The lowest BCUT2D eigenvalue weighted by Gasteiger charge is -2.24. The van der Waals surface area contributed by atoms with Gasteiger partial charge in [0.15, 0.2) is 0 Å². The second-order valence-electron chi connectivity index (χ2n) is 5.74. The molecule has 0 saturated carbocycles. The second kappa shape index (κ2) is 6.76. The molecular weight excluding hydrogens is 302 g/mol. The predicted octanol–water partition coefficient (Wildman–Crippen LogP) is 4.12. The molecule has 2 rings (SSSR count). The van der Waals surface area contributed by atoms with E-state index in [2.05, 4.69) is 47.2 Å². The van der Waals surface area contributed by atoms with E-state index in [4.69, 9.17) is 4.74 Å². The molecule has 1 fully saturated rings. The van der Waals surface area contributed by atoms with Gasteiger partial charge in [0.2, 0.25) is 0 Å². The lowest BCUT2D eigenvalue weighted by molar-refractivity contribution is 0.359. The van der Waals surface area contributed by atoms with Crippen LogP contribution in [0.2, 0.25) is 0 Å². The average Bonchev–Trinajstić information content (AvgIpc) is 2.39. The summed E-state index contributed by atoms with van der Waals surface area (Å²) in [7, 11) is 1.79. The van der Waals surface area contributed by atoms with Gasteiger partial charge in [0.25, 0.3) is 0 Å². The lowest BCUT2D eigenvalue weighted by atomic mass is 9.88. The van der Waals surface area contributed by atoms with Gasteiger partial charge in [-0.25, -0.2) is 0 Å². The van der Waals surface area contributed by atoms with E-state index in [9.17, 15) is 0 Å². The Labute approximate surface area is 125 Å². The number of hydrogen-bond acceptors (Lipinski definition) is 2. The SMILES string of the molecule is COc1c(CC2CCNCC2)cc(Br)cc1C(C)C. The molecule has 0 spiro atoms. The van der Waals surface area contributed by atoms with Crippen LogP contribution < -0.4 is 10.1 Å². The van der Waals surface area contributed by atoms with Gasteiger partial charge in [0.05, 0.1) is 7.11 Å². The third-order valence-electron chi connectivity index (χ3n) is 3.95. The van der Waals surface area contributed by atoms with Crippen LogP contribution in [0.4, 0.5) is 0 Å². The first-order valence-electron chi connectivity index (χ1n) is 7.18. The Bertz CT molecular complexity index is 425. The van der Waals surface area contributed by atoms with E-state index in [0.717, 1.165) is 31.2 Å². The minimum absolute atomic E-state index is 0.485. The molecule has 0 bridgehead atoms. The molecule has 0 aromatic heterocycles. The van der Waals surface area contributed by atoms with Crippen molar-refractivity contribution in [2.75, 3.05) is 20.2 Å². The summed E-state index contributed by atoms with van der Waals surface area (Å²) in [4.78, 5) is 0. The maximum Gasteiger partial charge on any atom is 0.125 e. The van der Waals surface area contributed by atoms with Crippen molar-refractivity contribution in [3.05, 3.63) is 27.7 Å². The van der Waals surface area contributed by atoms with Gasteiger partial charge in [-0.3, -0.25) is 0 Å². The Morgan fingerprint density at radius 1 is 1.32 bits per heavy atom. The van der Waals surface area contributed by atoms with Crippen LogP contribution in [0, 0.1) is 5.92 Å². The monoisotopic (exact) mass is 325 g/mol. The van der Waals surface area contributed by atoms with Crippen LogP contribution in [0.25, 0.3) is 0 Å². The van der Waals surface area contributed by atoms with Gasteiger partial charge >= 0.3 is 0 Å². The largest absolute Gasteiger partial charge is 0.496 e. The maximum absolute atomic E-state index is 5.70. The van der Waals surface area contributed by atoms with E-state index in [1.807, 2.05) is 0 Å². The Kier molecular flexibility index (Phi) is 5.28. The maximum atomic E-state index is 5.70. The zero-order valence-electron chi connectivity index (χ0n) is 12.1. The zero-order valence-corrected chi connectivity index (χ0v) is 13.7. The summed E-state index contributed by atoms with van der Waals surface area (Å²) in [5.74, 6) is 2.36. The van der Waals surface area contributed by atoms with E-state index in [0.29, 0.717) is 5.92 Å². The lowest BCUT2D eigenvalue weighted by Crippen LogP contribution is -2.28. The van der Waals surface area contributed by atoms with Crippen LogP contribution in [0.15, 0.2) is 16.6 Å². The number of hydrogen-bond donors (Lipinski definition) is 1. The number of rotatable bonds is 4. The molecule has 106 valence electrons. The Morgan fingerprint density at radius 2 is 2.00 bits per heavy atom. The van der Waals surface area contributed by atoms with Crippen molar-refractivity contribution in [3.63, 3.8) is 0 Å². The van der Waals surface area contributed by atoms with Gasteiger partial charge in [0, 0.05) is 4.47 Å². The fourth-order valence-corrected chi connectivity index (χ4v) is 3.42. The van der Waals surface area contributed by atoms with Gasteiger partial charge in [-0.1, -0.05) is 29.8 Å². The van der Waals surface area contributed by atoms with Crippen molar-refractivity contribution in [1.29, 1.82) is 0 Å². The molecule has 3 heteroatoms. The number of piperidine rings is 1. The van der Waals surface area contributed by atoms with Gasteiger partial charge in [-0.15, -0.1) is 0 Å². The fraction of sp³-hybridized carbons (Fsp3) is 0.625. The Morgan fingerprint density at radius 3 is 2.58 bits per heavy atom. The number of halogens is 1. The van der Waals surface area contributed by atoms with Gasteiger partial charge in [0.1, 0.15) is 5.75 Å². The van der Waals surface area contributed by atoms with Gasteiger partial charge in [-0.2, -0.15) is 0 Å². The van der Waals surface area contributed by atoms with Crippen molar-refractivity contribution in [3.8, 4) is 5.75 Å². The quantitative estimate of drug-likeness (QED) is 0.898. The molecule has 1 aromatic rings. The predicted molar refractivity (Wildman–Crippen MR) is 84.1 cm³/mol. The summed E-state index contributed by atoms with van der Waals surface area (Å²) in [5.41, 5.74) is 2.66. The third kappa shape index (κ3) is 3.73. The smallest absolute Gasteiger partial charge is 0.125 e. The van der Waals surface area contributed by atoms with Crippen LogP contribution in [0.1, 0.15) is 43.7 Å². The minimum atomic E-state index is 0.485. The average molecular weight is 326 g/mol. The summed E-state index contributed by atoms with van der Waals surface area (Å²) in [5, 5.41) is 3.43. The molecule has 0 unspecified atom stereocenters. The van der Waals surface area contributed by atoms with Crippen LogP contribution in [0.5, 0.6) is 5.75 Å². The molecule has 0 amide bonds. The molecule has 1 aliphatic rings. The van der Waals surface area contributed by atoms with E-state index in [1.54, 1.807) is 7.11 Å². The van der Waals surface area contributed by atoms with Gasteiger partial charge in [-0.05, 0) is 67.4 Å². The molecule has 0 aliphatic carbocycles. The summed E-state index contributed by atoms with van der Waals surface area (Å²) in [6, 6.07) is 4.42. The van der Waals surface area contributed by atoms with Crippen LogP contribution in [0.3, 0.4) is 0 Å². The highest BCUT2D eigenvalue weighted by Crippen LogP contribution is 2.35. The zero-order chi connectivity index (χ0) is 13.8. The van der Waals surface area contributed by atoms with Crippen molar-refractivity contribution >= 4 is 15.9 Å². The minimum Gasteiger partial charge on any atom is -0.496 e. The molecule has 1 N–H and O–H groups in total. The molecule has 2 nitrogen and oxygen atoms in total. The van der Waals surface area contributed by atoms with Crippen molar-refractivity contribution in [2.45, 2.75) is 39.0 Å². The molecular formula is C16H24BrNO. The highest BCUT2D eigenvalue weighted by atomic mass is 79.9. The highest BCUT2D eigenvalue weighted by molar-refractivity contribution is 9.10. The number of methoxy groups -OCH3 is 1. The summed E-state index contributed by atoms with van der Waals surface area (Å²) >= 11 is 3.64. The summed E-state index contributed by atoms with van der Waals surface area (Å²) < 4.78 is 6.87. The van der Waals surface area contributed by atoms with Crippen molar-refractivity contribution in [2.24, 2.45) is 5.92 Å². The molecule has 1 heterocycles. The first-order chi connectivity index (χ1) is 9.11. The molecule has 1 aliphatic heterocycles. The molecule has 19 heavy (non-hydrogen) atoms. The Hall–Kier alpha value is -0.540. The van der Waals surface area contributed by atoms with Crippen molar-refractivity contribution in [1.82, 2.24) is 5.32 Å². The van der Waals surface area contributed by atoms with Crippen LogP contribution >= 0.6 is 15.9 Å². The summed E-state index contributed by atoms with van der Waals surface area (Å²) in [6.07, 6.45) is 3.67. The molecule has 0 radical (unpaired) electrons. The number of nitrogens with one attached hydrogen (secondary N) is 1. The van der Waals surface area contributed by atoms with Crippen molar-refractivity contribution < 1.29 is 4.74 Å². The molecule has 1 aromatic carbocycles. The van der Waals surface area contributed by atoms with E-state index in [-0.39, 0.29) is 0 Å². The summed E-state index contributed by atoms with van der Waals surface area (Å²) in [6.45, 7) is 6.74. The number of ether oxygens (including phenoxy) is 1. The molecule has 0 atom stereocenters. The second-order valence-corrected chi connectivity index (χ2v) is 6.66. The molecule has 1 saturated heterocycles. The normalized spacial score (nSPS) is 16.9. The highest BCUT2D eigenvalue weighted by Gasteiger charge is 2.19. The topological polar surface area (TPSA) is 21.3 Å². The number of benzene rings is 1. The Balaban J connectivity index is 2.27. The van der Waals surface area contributed by atoms with Crippen LogP contribution in [-0.4, -0.2) is 20.2 Å². The first kappa shape index (κ1) is 14.9. The third-order valence-corrected chi connectivity index (χ3v) is 4.41. The van der Waals surface area contributed by atoms with Gasteiger partial charge < -0.3 is 10.1 Å². The van der Waals surface area contributed by atoms with Crippen LogP contribution in [-0.2, 0) is 6.42 Å².